The van der Waals surface area contributed by atoms with E-state index in [2.05, 4.69) is 4.98 Å². The normalized spacial score (nSPS) is 17.5. The van der Waals surface area contributed by atoms with Crippen LogP contribution < -0.4 is 4.90 Å². The molecular weight excluding hydrogens is 464 g/mol. The number of hydrogen-bond acceptors (Lipinski definition) is 7. The fourth-order valence-electron chi connectivity index (χ4n) is 3.62. The molecule has 3 aromatic rings. The largest absolute Gasteiger partial charge is 0.507 e. The van der Waals surface area contributed by atoms with Gasteiger partial charge in [0.2, 0.25) is 0 Å². The highest BCUT2D eigenvalue weighted by molar-refractivity contribution is 7.17. The number of aliphatic hydroxyl groups excluding tert-OH is 1. The second kappa shape index (κ2) is 8.80. The summed E-state index contributed by atoms with van der Waals surface area (Å²) in [4.78, 5) is 44.2. The SMILES string of the molecule is COC(=O)c1sc(N2C(=O)C(=O)C(=C(O)c3ccc(Cl)cc3)C2c2ccc(C)cc2)nc1C. The molecule has 1 saturated heterocycles. The molecule has 1 amide bonds. The smallest absolute Gasteiger partial charge is 0.350 e. The van der Waals surface area contributed by atoms with E-state index in [1.807, 2.05) is 19.1 Å². The van der Waals surface area contributed by atoms with E-state index < -0.39 is 23.7 Å². The van der Waals surface area contributed by atoms with E-state index >= 15 is 0 Å². The predicted molar refractivity (Wildman–Crippen MR) is 126 cm³/mol. The summed E-state index contributed by atoms with van der Waals surface area (Å²) < 4.78 is 4.79. The molecule has 1 atom stereocenters. The van der Waals surface area contributed by atoms with Crippen molar-refractivity contribution in [3.8, 4) is 0 Å². The first-order valence-corrected chi connectivity index (χ1v) is 11.1. The lowest BCUT2D eigenvalue weighted by molar-refractivity contribution is -0.132. The number of aromatic nitrogens is 1. The number of aliphatic hydroxyl groups is 1. The number of carbonyl (C=O) groups is 3. The summed E-state index contributed by atoms with van der Waals surface area (Å²) in [6, 6.07) is 12.7. The number of esters is 1. The minimum Gasteiger partial charge on any atom is -0.507 e. The van der Waals surface area contributed by atoms with Crippen LogP contribution in [0.2, 0.25) is 5.02 Å². The van der Waals surface area contributed by atoms with Crippen LogP contribution in [-0.4, -0.2) is 34.9 Å². The molecule has 2 heterocycles. The van der Waals surface area contributed by atoms with E-state index in [9.17, 15) is 19.5 Å². The molecular formula is C24H19ClN2O5S. The van der Waals surface area contributed by atoms with Gasteiger partial charge in [-0.15, -0.1) is 0 Å². The molecule has 9 heteroatoms. The summed E-state index contributed by atoms with van der Waals surface area (Å²) in [7, 11) is 1.26. The summed E-state index contributed by atoms with van der Waals surface area (Å²) in [6.45, 7) is 3.54. The van der Waals surface area contributed by atoms with Gasteiger partial charge in [-0.05, 0) is 43.7 Å². The average molecular weight is 483 g/mol. The summed E-state index contributed by atoms with van der Waals surface area (Å²) in [5, 5.41) is 11.7. The third-order valence-electron chi connectivity index (χ3n) is 5.32. The molecule has 2 aromatic carbocycles. The van der Waals surface area contributed by atoms with Crippen LogP contribution in [0, 0.1) is 13.8 Å². The van der Waals surface area contributed by atoms with Crippen LogP contribution in [0.25, 0.3) is 5.76 Å². The lowest BCUT2D eigenvalue weighted by Crippen LogP contribution is -2.29. The van der Waals surface area contributed by atoms with Crippen molar-refractivity contribution < 1.29 is 24.2 Å². The molecule has 4 rings (SSSR count). The number of thiazole rings is 1. The second-order valence-electron chi connectivity index (χ2n) is 7.49. The monoisotopic (exact) mass is 482 g/mol. The number of ether oxygens (including phenoxy) is 1. The van der Waals surface area contributed by atoms with Crippen molar-refractivity contribution in [1.82, 2.24) is 4.98 Å². The van der Waals surface area contributed by atoms with Crippen LogP contribution in [-0.2, 0) is 14.3 Å². The molecule has 0 radical (unpaired) electrons. The zero-order valence-electron chi connectivity index (χ0n) is 18.0. The van der Waals surface area contributed by atoms with Crippen molar-refractivity contribution in [1.29, 1.82) is 0 Å². The zero-order valence-corrected chi connectivity index (χ0v) is 19.5. The van der Waals surface area contributed by atoms with Crippen LogP contribution in [0.1, 0.15) is 38.1 Å². The van der Waals surface area contributed by atoms with E-state index in [4.69, 9.17) is 16.3 Å². The van der Waals surface area contributed by atoms with Gasteiger partial charge in [0.25, 0.3) is 5.78 Å². The molecule has 1 aromatic heterocycles. The maximum absolute atomic E-state index is 13.2. The molecule has 1 N–H and O–H groups in total. The summed E-state index contributed by atoms with van der Waals surface area (Å²) in [5.41, 5.74) is 2.26. The standard InChI is InChI=1S/C24H19ClN2O5S/c1-12-4-6-14(7-5-12)18-17(19(28)15-8-10-16(25)11-9-15)20(29)22(30)27(18)24-26-13(2)21(33-24)23(31)32-3/h4-11,18,28H,1-3H3. The van der Waals surface area contributed by atoms with Gasteiger partial charge in [0.15, 0.2) is 5.13 Å². The Bertz CT molecular complexity index is 1300. The van der Waals surface area contributed by atoms with Crippen LogP contribution in [0.5, 0.6) is 0 Å². The number of hydrogen-bond donors (Lipinski definition) is 1. The molecule has 33 heavy (non-hydrogen) atoms. The lowest BCUT2D eigenvalue weighted by atomic mass is 9.95. The van der Waals surface area contributed by atoms with E-state index in [1.54, 1.807) is 43.3 Å². The summed E-state index contributed by atoms with van der Waals surface area (Å²) in [5.74, 6) is -2.60. The summed E-state index contributed by atoms with van der Waals surface area (Å²) in [6.07, 6.45) is 0. The number of halogens is 1. The molecule has 0 bridgehead atoms. The number of carbonyl (C=O) groups excluding carboxylic acids is 3. The number of benzene rings is 2. The Hall–Kier alpha value is -3.49. The van der Waals surface area contributed by atoms with E-state index in [-0.39, 0.29) is 21.3 Å². The van der Waals surface area contributed by atoms with Crippen molar-refractivity contribution >= 4 is 51.5 Å². The van der Waals surface area contributed by atoms with Crippen LogP contribution in [0.4, 0.5) is 5.13 Å². The lowest BCUT2D eigenvalue weighted by Gasteiger charge is -2.23. The third kappa shape index (κ3) is 4.03. The number of methoxy groups -OCH3 is 1. The molecule has 0 spiro atoms. The summed E-state index contributed by atoms with van der Waals surface area (Å²) >= 11 is 6.91. The van der Waals surface area contributed by atoms with Gasteiger partial charge < -0.3 is 9.84 Å². The number of nitrogens with zero attached hydrogens (tertiary/aromatic N) is 2. The number of ketones is 1. The van der Waals surface area contributed by atoms with E-state index in [0.717, 1.165) is 16.9 Å². The van der Waals surface area contributed by atoms with E-state index in [1.165, 1.54) is 12.0 Å². The minimum absolute atomic E-state index is 0.0707. The van der Waals surface area contributed by atoms with Gasteiger partial charge in [0.1, 0.15) is 10.6 Å². The maximum Gasteiger partial charge on any atom is 0.350 e. The van der Waals surface area contributed by atoms with Crippen LogP contribution >= 0.6 is 22.9 Å². The highest BCUT2D eigenvalue weighted by atomic mass is 35.5. The number of aryl methyl sites for hydroxylation is 2. The Morgan fingerprint density at radius 3 is 2.33 bits per heavy atom. The third-order valence-corrected chi connectivity index (χ3v) is 6.71. The molecule has 0 saturated carbocycles. The van der Waals surface area contributed by atoms with Crippen molar-refractivity contribution in [3.63, 3.8) is 0 Å². The fraction of sp³-hybridized carbons (Fsp3) is 0.167. The first-order valence-electron chi connectivity index (χ1n) is 9.92. The Morgan fingerprint density at radius 2 is 1.73 bits per heavy atom. The van der Waals surface area contributed by atoms with Crippen molar-refractivity contribution in [3.05, 3.63) is 86.4 Å². The Morgan fingerprint density at radius 1 is 1.09 bits per heavy atom. The molecule has 1 aliphatic heterocycles. The second-order valence-corrected chi connectivity index (χ2v) is 8.90. The molecule has 1 fully saturated rings. The number of Topliss-reactive ketones (excluding diaryl/α,β-unsaturated/α-hetero) is 1. The predicted octanol–water partition coefficient (Wildman–Crippen LogP) is 4.83. The Labute approximate surface area is 198 Å². The van der Waals surface area contributed by atoms with Crippen molar-refractivity contribution in [2.24, 2.45) is 0 Å². The van der Waals surface area contributed by atoms with Gasteiger partial charge in [-0.25, -0.2) is 9.78 Å². The molecule has 168 valence electrons. The Balaban J connectivity index is 1.93. The molecule has 0 aliphatic carbocycles. The van der Waals surface area contributed by atoms with Gasteiger partial charge in [-0.1, -0.05) is 52.8 Å². The van der Waals surface area contributed by atoms with Gasteiger partial charge in [0, 0.05) is 10.6 Å². The highest BCUT2D eigenvalue weighted by Gasteiger charge is 2.48. The van der Waals surface area contributed by atoms with Gasteiger partial charge in [-0.3, -0.25) is 14.5 Å². The quantitative estimate of drug-likeness (QED) is 0.248. The maximum atomic E-state index is 13.2. The number of amides is 1. The minimum atomic E-state index is -0.933. The zero-order chi connectivity index (χ0) is 23.9. The van der Waals surface area contributed by atoms with Crippen molar-refractivity contribution in [2.45, 2.75) is 19.9 Å². The number of anilines is 1. The first-order chi connectivity index (χ1) is 15.7. The molecule has 1 unspecified atom stereocenters. The van der Waals surface area contributed by atoms with Gasteiger partial charge in [0.05, 0.1) is 24.4 Å². The highest BCUT2D eigenvalue weighted by Crippen LogP contribution is 2.44. The fourth-order valence-corrected chi connectivity index (χ4v) is 4.76. The Kier molecular flexibility index (Phi) is 6.05. The number of rotatable bonds is 4. The van der Waals surface area contributed by atoms with Gasteiger partial charge >= 0.3 is 11.9 Å². The van der Waals surface area contributed by atoms with Crippen LogP contribution in [0.15, 0.2) is 54.1 Å². The van der Waals surface area contributed by atoms with Gasteiger partial charge in [-0.2, -0.15) is 0 Å². The molecule has 7 nitrogen and oxygen atoms in total. The van der Waals surface area contributed by atoms with Crippen LogP contribution in [0.3, 0.4) is 0 Å². The topological polar surface area (TPSA) is 96.8 Å². The molecule has 1 aliphatic rings. The van der Waals surface area contributed by atoms with E-state index in [0.29, 0.717) is 21.8 Å². The first kappa shape index (κ1) is 22.7. The average Bonchev–Trinajstić information content (AvgIpc) is 3.31. The van der Waals surface area contributed by atoms with Crippen molar-refractivity contribution in [2.75, 3.05) is 12.0 Å².